The number of aromatic nitrogens is 3. The van der Waals surface area contributed by atoms with Gasteiger partial charge < -0.3 is 10.1 Å². The zero-order chi connectivity index (χ0) is 23.5. The summed E-state index contributed by atoms with van der Waals surface area (Å²) in [5.41, 5.74) is 6.26. The van der Waals surface area contributed by atoms with Gasteiger partial charge in [-0.05, 0) is 90.1 Å². The number of fused-ring (bicyclic) bond motifs is 1. The fraction of sp³-hybridized carbons (Fsp3) is 0.500. The second kappa shape index (κ2) is 9.72. The third-order valence-corrected chi connectivity index (χ3v) is 5.78. The van der Waals surface area contributed by atoms with Crippen LogP contribution in [0.15, 0.2) is 24.3 Å². The van der Waals surface area contributed by atoms with Gasteiger partial charge in [-0.25, -0.2) is 9.67 Å². The summed E-state index contributed by atoms with van der Waals surface area (Å²) in [5.74, 6) is 0.942. The molecule has 2 aromatic heterocycles. The molecule has 0 fully saturated rings. The summed E-state index contributed by atoms with van der Waals surface area (Å²) in [7, 11) is 0. The molecule has 6 heteroatoms. The summed E-state index contributed by atoms with van der Waals surface area (Å²) >= 11 is 0. The molecule has 1 amide bonds. The molecule has 0 spiro atoms. The van der Waals surface area contributed by atoms with Gasteiger partial charge in [0.2, 0.25) is 5.91 Å². The fourth-order valence-electron chi connectivity index (χ4n) is 4.13. The Kier molecular flexibility index (Phi) is 7.22. The van der Waals surface area contributed by atoms with Crippen LogP contribution in [-0.2, 0) is 23.2 Å². The van der Waals surface area contributed by atoms with Crippen molar-refractivity contribution in [2.75, 3.05) is 13.2 Å². The first-order valence-electron chi connectivity index (χ1n) is 11.5. The number of pyridine rings is 1. The maximum Gasteiger partial charge on any atom is 0.220 e. The SMILES string of the molecule is CCOc1ccc(CCNC(=O)CCc2c(C)nc3c(c(C)nn3C(C)(C)C)c2C)cc1. The highest BCUT2D eigenvalue weighted by Crippen LogP contribution is 2.29. The van der Waals surface area contributed by atoms with Crippen LogP contribution in [-0.4, -0.2) is 33.8 Å². The van der Waals surface area contributed by atoms with Crippen molar-refractivity contribution in [2.24, 2.45) is 0 Å². The predicted molar refractivity (Wildman–Crippen MR) is 129 cm³/mol. The van der Waals surface area contributed by atoms with Crippen molar-refractivity contribution in [2.45, 2.75) is 73.3 Å². The Morgan fingerprint density at radius 1 is 1.06 bits per heavy atom. The van der Waals surface area contributed by atoms with Gasteiger partial charge in [0.25, 0.3) is 0 Å². The molecule has 0 aliphatic rings. The Bertz CT molecular complexity index is 1090. The van der Waals surface area contributed by atoms with Gasteiger partial charge >= 0.3 is 0 Å². The lowest BCUT2D eigenvalue weighted by molar-refractivity contribution is -0.121. The van der Waals surface area contributed by atoms with Crippen molar-refractivity contribution in [1.29, 1.82) is 0 Å². The summed E-state index contributed by atoms with van der Waals surface area (Å²) < 4.78 is 7.48. The Hall–Kier alpha value is -2.89. The van der Waals surface area contributed by atoms with Crippen LogP contribution >= 0.6 is 0 Å². The normalized spacial score (nSPS) is 11.7. The van der Waals surface area contributed by atoms with Gasteiger partial charge in [-0.2, -0.15) is 5.10 Å². The van der Waals surface area contributed by atoms with E-state index in [1.807, 2.05) is 49.7 Å². The fourth-order valence-corrected chi connectivity index (χ4v) is 4.13. The third kappa shape index (κ3) is 5.29. The lowest BCUT2D eigenvalue weighted by Gasteiger charge is -2.20. The Morgan fingerprint density at radius 2 is 1.75 bits per heavy atom. The first kappa shape index (κ1) is 23.8. The van der Waals surface area contributed by atoms with Crippen LogP contribution < -0.4 is 10.1 Å². The van der Waals surface area contributed by atoms with E-state index < -0.39 is 0 Å². The van der Waals surface area contributed by atoms with E-state index in [0.717, 1.165) is 40.2 Å². The van der Waals surface area contributed by atoms with E-state index in [1.165, 1.54) is 11.1 Å². The van der Waals surface area contributed by atoms with Gasteiger partial charge in [-0.3, -0.25) is 4.79 Å². The second-order valence-electron chi connectivity index (χ2n) is 9.34. The van der Waals surface area contributed by atoms with E-state index in [2.05, 4.69) is 33.0 Å². The summed E-state index contributed by atoms with van der Waals surface area (Å²) in [5, 5.41) is 8.90. The molecule has 172 valence electrons. The number of benzene rings is 1. The first-order valence-corrected chi connectivity index (χ1v) is 11.5. The molecule has 0 unspecified atom stereocenters. The molecule has 2 heterocycles. The number of rotatable bonds is 8. The molecule has 1 aromatic carbocycles. The van der Waals surface area contributed by atoms with Gasteiger partial charge in [-0.15, -0.1) is 0 Å². The Balaban J connectivity index is 1.62. The molecule has 6 nitrogen and oxygen atoms in total. The second-order valence-corrected chi connectivity index (χ2v) is 9.34. The minimum Gasteiger partial charge on any atom is -0.494 e. The quantitative estimate of drug-likeness (QED) is 0.551. The van der Waals surface area contributed by atoms with Crippen molar-refractivity contribution in [3.05, 3.63) is 52.3 Å². The number of ether oxygens (including phenoxy) is 1. The van der Waals surface area contributed by atoms with Gasteiger partial charge in [0, 0.05) is 24.0 Å². The third-order valence-electron chi connectivity index (χ3n) is 5.78. The van der Waals surface area contributed by atoms with E-state index in [9.17, 15) is 4.79 Å². The standard InChI is InChI=1S/C26H36N4O2/c1-8-32-21-11-9-20(10-12-21)15-16-27-23(31)14-13-22-17(2)24-19(4)29-30(26(5,6)7)25(24)28-18(22)3/h9-12H,8,13-16H2,1-7H3,(H,27,31). The molecule has 0 aliphatic heterocycles. The summed E-state index contributed by atoms with van der Waals surface area (Å²) in [6.45, 7) is 15.9. The summed E-state index contributed by atoms with van der Waals surface area (Å²) in [4.78, 5) is 17.3. The number of amides is 1. The smallest absolute Gasteiger partial charge is 0.220 e. The highest BCUT2D eigenvalue weighted by atomic mass is 16.5. The monoisotopic (exact) mass is 436 g/mol. The number of nitrogens with zero attached hydrogens (tertiary/aromatic N) is 3. The van der Waals surface area contributed by atoms with Crippen molar-refractivity contribution in [3.8, 4) is 5.75 Å². The van der Waals surface area contributed by atoms with Crippen LogP contribution in [0.2, 0.25) is 0 Å². The van der Waals surface area contributed by atoms with Gasteiger partial charge in [-0.1, -0.05) is 12.1 Å². The van der Waals surface area contributed by atoms with E-state index in [4.69, 9.17) is 14.8 Å². The topological polar surface area (TPSA) is 69.0 Å². The molecule has 0 radical (unpaired) electrons. The van der Waals surface area contributed by atoms with Crippen LogP contribution in [0.5, 0.6) is 5.75 Å². The van der Waals surface area contributed by atoms with Crippen molar-refractivity contribution >= 4 is 16.9 Å². The first-order chi connectivity index (χ1) is 15.1. The van der Waals surface area contributed by atoms with Crippen molar-refractivity contribution < 1.29 is 9.53 Å². The number of carbonyl (C=O) groups excluding carboxylic acids is 1. The predicted octanol–water partition coefficient (Wildman–Crippen LogP) is 4.80. The van der Waals surface area contributed by atoms with Crippen LogP contribution in [0.4, 0.5) is 0 Å². The van der Waals surface area contributed by atoms with Gasteiger partial charge in [0.1, 0.15) is 5.75 Å². The van der Waals surface area contributed by atoms with E-state index >= 15 is 0 Å². The molecule has 3 rings (SSSR count). The highest BCUT2D eigenvalue weighted by Gasteiger charge is 2.23. The molecule has 32 heavy (non-hydrogen) atoms. The number of hydrogen-bond acceptors (Lipinski definition) is 4. The average molecular weight is 437 g/mol. The highest BCUT2D eigenvalue weighted by molar-refractivity contribution is 5.84. The number of carbonyl (C=O) groups is 1. The Morgan fingerprint density at radius 3 is 2.38 bits per heavy atom. The zero-order valence-electron chi connectivity index (χ0n) is 20.5. The van der Waals surface area contributed by atoms with Crippen LogP contribution in [0.25, 0.3) is 11.0 Å². The maximum atomic E-state index is 12.5. The van der Waals surface area contributed by atoms with E-state index in [-0.39, 0.29) is 11.4 Å². The summed E-state index contributed by atoms with van der Waals surface area (Å²) in [6, 6.07) is 8.04. The molecule has 1 N–H and O–H groups in total. The molecule has 0 saturated carbocycles. The van der Waals surface area contributed by atoms with E-state index in [1.54, 1.807) is 0 Å². The van der Waals surface area contributed by atoms with Crippen molar-refractivity contribution in [3.63, 3.8) is 0 Å². The molecule has 0 saturated heterocycles. The molecule has 0 atom stereocenters. The molecule has 0 bridgehead atoms. The molecule has 3 aromatic rings. The van der Waals surface area contributed by atoms with E-state index in [0.29, 0.717) is 26.0 Å². The largest absolute Gasteiger partial charge is 0.494 e. The molecular weight excluding hydrogens is 400 g/mol. The van der Waals surface area contributed by atoms with Gasteiger partial charge in [0.15, 0.2) is 5.65 Å². The summed E-state index contributed by atoms with van der Waals surface area (Å²) in [6.07, 6.45) is 1.93. The average Bonchev–Trinajstić information content (AvgIpc) is 3.06. The van der Waals surface area contributed by atoms with Crippen molar-refractivity contribution in [1.82, 2.24) is 20.1 Å². The minimum absolute atomic E-state index is 0.0666. The lowest BCUT2D eigenvalue weighted by atomic mass is 9.99. The van der Waals surface area contributed by atoms with Crippen LogP contribution in [0, 0.1) is 20.8 Å². The number of nitrogens with one attached hydrogen (secondary N) is 1. The number of hydrogen-bond donors (Lipinski definition) is 1. The van der Waals surface area contributed by atoms with Crippen LogP contribution in [0.1, 0.15) is 62.2 Å². The van der Waals surface area contributed by atoms with Crippen LogP contribution in [0.3, 0.4) is 0 Å². The lowest BCUT2D eigenvalue weighted by Crippen LogP contribution is -2.26. The molecular formula is C26H36N4O2. The number of aryl methyl sites for hydroxylation is 3. The minimum atomic E-state index is -0.136. The zero-order valence-corrected chi connectivity index (χ0v) is 20.5. The molecule has 0 aliphatic carbocycles. The maximum absolute atomic E-state index is 12.5. The Labute approximate surface area is 191 Å². The van der Waals surface area contributed by atoms with Gasteiger partial charge in [0.05, 0.1) is 17.8 Å².